The minimum atomic E-state index is -0.895. The van der Waals surface area contributed by atoms with Crippen molar-refractivity contribution >= 4 is 27.4 Å². The largest absolute Gasteiger partial charge is 0.477 e. The zero-order valence-corrected chi connectivity index (χ0v) is 12.0. The van der Waals surface area contributed by atoms with E-state index >= 15 is 0 Å². The second kappa shape index (κ2) is 5.28. The van der Waals surface area contributed by atoms with Crippen molar-refractivity contribution in [1.29, 1.82) is 0 Å². The Hall–Kier alpha value is -1.43. The van der Waals surface area contributed by atoms with E-state index < -0.39 is 5.97 Å². The van der Waals surface area contributed by atoms with Crippen molar-refractivity contribution in [1.82, 2.24) is 5.48 Å². The van der Waals surface area contributed by atoms with E-state index in [2.05, 4.69) is 5.48 Å². The first kappa shape index (κ1) is 14.0. The van der Waals surface area contributed by atoms with Crippen LogP contribution in [0.5, 0.6) is 0 Å². The van der Waals surface area contributed by atoms with Crippen molar-refractivity contribution in [3.63, 3.8) is 0 Å². The SMILES string of the molecule is CC(C)(C)ONCc1c(C(=O)O)sc2ccccc12. The number of hydrogen-bond donors (Lipinski definition) is 2. The van der Waals surface area contributed by atoms with Gasteiger partial charge in [-0.2, -0.15) is 5.48 Å². The van der Waals surface area contributed by atoms with E-state index in [9.17, 15) is 9.90 Å². The number of carbonyl (C=O) groups is 1. The molecule has 1 aromatic heterocycles. The third kappa shape index (κ3) is 3.32. The van der Waals surface area contributed by atoms with Gasteiger partial charge in [-0.3, -0.25) is 4.84 Å². The molecule has 102 valence electrons. The topological polar surface area (TPSA) is 58.6 Å². The average Bonchev–Trinajstić information content (AvgIpc) is 2.67. The van der Waals surface area contributed by atoms with Crippen molar-refractivity contribution in [2.75, 3.05) is 0 Å². The number of benzene rings is 1. The molecular weight excluding hydrogens is 262 g/mol. The molecular formula is C14H17NO3S. The highest BCUT2D eigenvalue weighted by Gasteiger charge is 2.18. The van der Waals surface area contributed by atoms with Crippen LogP contribution < -0.4 is 5.48 Å². The summed E-state index contributed by atoms with van der Waals surface area (Å²) in [5.74, 6) is -0.895. The van der Waals surface area contributed by atoms with Crippen LogP contribution in [0.2, 0.25) is 0 Å². The Kier molecular flexibility index (Phi) is 3.89. The minimum absolute atomic E-state index is 0.310. The van der Waals surface area contributed by atoms with Crippen LogP contribution in [0.25, 0.3) is 10.1 Å². The van der Waals surface area contributed by atoms with Crippen LogP contribution in [-0.2, 0) is 11.4 Å². The summed E-state index contributed by atoms with van der Waals surface area (Å²) in [6.07, 6.45) is 0. The first-order chi connectivity index (χ1) is 8.88. The fraction of sp³-hybridized carbons (Fsp3) is 0.357. The van der Waals surface area contributed by atoms with Crippen molar-refractivity contribution in [2.45, 2.75) is 32.9 Å². The van der Waals surface area contributed by atoms with Gasteiger partial charge in [-0.05, 0) is 32.2 Å². The number of rotatable bonds is 4. The van der Waals surface area contributed by atoms with E-state index in [1.807, 2.05) is 45.0 Å². The zero-order valence-electron chi connectivity index (χ0n) is 11.2. The summed E-state index contributed by atoms with van der Waals surface area (Å²) in [6, 6.07) is 7.69. The summed E-state index contributed by atoms with van der Waals surface area (Å²) in [5.41, 5.74) is 3.32. The van der Waals surface area contributed by atoms with Crippen LogP contribution in [-0.4, -0.2) is 16.7 Å². The molecule has 0 unspecified atom stereocenters. The molecule has 0 bridgehead atoms. The monoisotopic (exact) mass is 279 g/mol. The number of hydrogen-bond acceptors (Lipinski definition) is 4. The Morgan fingerprint density at radius 3 is 2.68 bits per heavy atom. The van der Waals surface area contributed by atoms with Gasteiger partial charge in [-0.15, -0.1) is 11.3 Å². The van der Waals surface area contributed by atoms with Crippen LogP contribution in [0, 0.1) is 0 Å². The fourth-order valence-corrected chi connectivity index (χ4v) is 2.83. The first-order valence-corrected chi connectivity index (χ1v) is 6.85. The third-order valence-electron chi connectivity index (χ3n) is 2.52. The maximum absolute atomic E-state index is 11.3. The molecule has 0 fully saturated rings. The van der Waals surface area contributed by atoms with E-state index in [1.54, 1.807) is 0 Å². The zero-order chi connectivity index (χ0) is 14.0. The molecule has 0 amide bonds. The molecule has 1 aromatic carbocycles. The molecule has 4 nitrogen and oxygen atoms in total. The molecule has 0 atom stereocenters. The van der Waals surface area contributed by atoms with Crippen molar-refractivity contribution < 1.29 is 14.7 Å². The Morgan fingerprint density at radius 2 is 2.05 bits per heavy atom. The van der Waals surface area contributed by atoms with Gasteiger partial charge in [0.05, 0.1) is 5.60 Å². The van der Waals surface area contributed by atoms with Crippen LogP contribution in [0.3, 0.4) is 0 Å². The Labute approximate surface area is 116 Å². The molecule has 2 N–H and O–H groups in total. The second-order valence-corrected chi connectivity index (χ2v) is 6.30. The number of carboxylic acid groups (broad SMARTS) is 1. The maximum atomic E-state index is 11.3. The van der Waals surface area contributed by atoms with Gasteiger partial charge in [0.2, 0.25) is 0 Å². The van der Waals surface area contributed by atoms with Crippen LogP contribution in [0.15, 0.2) is 24.3 Å². The van der Waals surface area contributed by atoms with E-state index in [4.69, 9.17) is 4.84 Å². The van der Waals surface area contributed by atoms with Gasteiger partial charge in [0.25, 0.3) is 0 Å². The molecule has 0 aliphatic rings. The van der Waals surface area contributed by atoms with Gasteiger partial charge in [0.15, 0.2) is 0 Å². The molecule has 0 saturated carbocycles. The van der Waals surface area contributed by atoms with Crippen LogP contribution in [0.4, 0.5) is 0 Å². The van der Waals surface area contributed by atoms with Crippen LogP contribution in [0.1, 0.15) is 36.0 Å². The predicted octanol–water partition coefficient (Wildman–Crippen LogP) is 3.42. The van der Waals surface area contributed by atoms with E-state index in [0.717, 1.165) is 15.6 Å². The quantitative estimate of drug-likeness (QED) is 0.842. The second-order valence-electron chi connectivity index (χ2n) is 5.25. The van der Waals surface area contributed by atoms with E-state index in [1.165, 1.54) is 11.3 Å². The Bertz CT molecular complexity index is 598. The standard InChI is InChI=1S/C14H17NO3S/c1-14(2,3)18-15-8-10-9-6-4-5-7-11(9)19-12(10)13(16)17/h4-7,15H,8H2,1-3H3,(H,16,17). The van der Waals surface area contributed by atoms with Gasteiger partial charge < -0.3 is 5.11 Å². The minimum Gasteiger partial charge on any atom is -0.477 e. The lowest BCUT2D eigenvalue weighted by Crippen LogP contribution is -2.29. The Balaban J connectivity index is 2.29. The van der Waals surface area contributed by atoms with Crippen molar-refractivity contribution in [3.8, 4) is 0 Å². The summed E-state index contributed by atoms with van der Waals surface area (Å²) in [6.45, 7) is 6.18. The highest BCUT2D eigenvalue weighted by atomic mass is 32.1. The number of thiophene rings is 1. The molecule has 0 aliphatic heterocycles. The third-order valence-corrected chi connectivity index (χ3v) is 3.72. The summed E-state index contributed by atoms with van der Waals surface area (Å²) in [7, 11) is 0. The average molecular weight is 279 g/mol. The number of nitrogens with one attached hydrogen (secondary N) is 1. The van der Waals surface area contributed by atoms with Crippen molar-refractivity contribution in [3.05, 3.63) is 34.7 Å². The molecule has 2 rings (SSSR count). The van der Waals surface area contributed by atoms with Gasteiger partial charge in [-0.1, -0.05) is 18.2 Å². The normalized spacial score (nSPS) is 11.9. The van der Waals surface area contributed by atoms with E-state index in [0.29, 0.717) is 11.4 Å². The summed E-state index contributed by atoms with van der Waals surface area (Å²) < 4.78 is 0.979. The van der Waals surface area contributed by atoms with Gasteiger partial charge in [0.1, 0.15) is 4.88 Å². The number of aromatic carboxylic acids is 1. The first-order valence-electron chi connectivity index (χ1n) is 6.03. The highest BCUT2D eigenvalue weighted by Crippen LogP contribution is 2.31. The fourth-order valence-electron chi connectivity index (χ4n) is 1.77. The Morgan fingerprint density at radius 1 is 1.37 bits per heavy atom. The van der Waals surface area contributed by atoms with Crippen LogP contribution >= 0.6 is 11.3 Å². The summed E-state index contributed by atoms with van der Waals surface area (Å²) in [5, 5.41) is 10.2. The molecule has 0 aliphatic carbocycles. The van der Waals surface area contributed by atoms with Crippen molar-refractivity contribution in [2.24, 2.45) is 0 Å². The van der Waals surface area contributed by atoms with Gasteiger partial charge in [0, 0.05) is 16.8 Å². The smallest absolute Gasteiger partial charge is 0.346 e. The lowest BCUT2D eigenvalue weighted by atomic mass is 10.1. The highest BCUT2D eigenvalue weighted by molar-refractivity contribution is 7.21. The number of hydroxylamine groups is 1. The molecule has 19 heavy (non-hydrogen) atoms. The molecule has 0 saturated heterocycles. The number of carboxylic acids is 1. The molecule has 2 aromatic rings. The van der Waals surface area contributed by atoms with Gasteiger partial charge in [-0.25, -0.2) is 4.79 Å². The predicted molar refractivity (Wildman–Crippen MR) is 76.5 cm³/mol. The number of fused-ring (bicyclic) bond motifs is 1. The lowest BCUT2D eigenvalue weighted by molar-refractivity contribution is -0.0756. The molecule has 0 radical (unpaired) electrons. The maximum Gasteiger partial charge on any atom is 0.346 e. The molecule has 1 heterocycles. The summed E-state index contributed by atoms with van der Waals surface area (Å²) >= 11 is 1.29. The molecule has 5 heteroatoms. The van der Waals surface area contributed by atoms with Gasteiger partial charge >= 0.3 is 5.97 Å². The lowest BCUT2D eigenvalue weighted by Gasteiger charge is -2.19. The summed E-state index contributed by atoms with van der Waals surface area (Å²) in [4.78, 5) is 17.1. The van der Waals surface area contributed by atoms with E-state index in [-0.39, 0.29) is 5.60 Å². The molecule has 0 spiro atoms.